The summed E-state index contributed by atoms with van der Waals surface area (Å²) in [5, 5.41) is 12.9. The minimum atomic E-state index is -1.09. The average molecular weight is 465 g/mol. The van der Waals surface area contributed by atoms with Crippen LogP contribution >= 0.6 is 0 Å². The lowest BCUT2D eigenvalue weighted by atomic mass is 10.0. The van der Waals surface area contributed by atoms with Gasteiger partial charge in [-0.3, -0.25) is 14.4 Å². The average Bonchev–Trinajstić information content (AvgIpc) is 2.96. The molecule has 4 rings (SSSR count). The number of ether oxygens (including phenoxy) is 1. The summed E-state index contributed by atoms with van der Waals surface area (Å²) in [6.07, 6.45) is 1.47. The van der Waals surface area contributed by atoms with Crippen LogP contribution in [0.1, 0.15) is 45.3 Å². The molecule has 8 nitrogen and oxygen atoms in total. The zero-order valence-electron chi connectivity index (χ0n) is 17.7. The molecule has 2 bridgehead atoms. The molecule has 33 heavy (non-hydrogen) atoms. The first-order chi connectivity index (χ1) is 15.8. The topological polar surface area (TPSA) is 101 Å². The lowest BCUT2D eigenvalue weighted by molar-refractivity contribution is 0.0314. The lowest BCUT2D eigenvalue weighted by Crippen LogP contribution is -2.50. The summed E-state index contributed by atoms with van der Waals surface area (Å²) in [5.74, 6) is -4.18. The van der Waals surface area contributed by atoms with Gasteiger partial charge in [-0.1, -0.05) is 6.07 Å². The first-order valence-corrected chi connectivity index (χ1v) is 10.4. The molecule has 3 atom stereocenters. The van der Waals surface area contributed by atoms with Crippen molar-refractivity contribution in [1.29, 1.82) is 0 Å². The summed E-state index contributed by atoms with van der Waals surface area (Å²) in [6.45, 7) is -1.02. The Labute approximate surface area is 186 Å². The SMILES string of the molecule is CO[C@H]1CC[C@H](CF)N2C[C@H]1n1cc(C(=O)NCc3ccc(F)cc3F)c(=O)c(O)c1C2=O. The van der Waals surface area contributed by atoms with Gasteiger partial charge in [0.25, 0.3) is 11.8 Å². The van der Waals surface area contributed by atoms with Gasteiger partial charge in [0, 0.05) is 38.0 Å². The van der Waals surface area contributed by atoms with Gasteiger partial charge < -0.3 is 24.6 Å². The maximum atomic E-state index is 13.9. The van der Waals surface area contributed by atoms with Crippen molar-refractivity contribution < 1.29 is 32.6 Å². The number of carbonyl (C=O) groups is 2. The molecule has 3 heterocycles. The van der Waals surface area contributed by atoms with Gasteiger partial charge in [-0.15, -0.1) is 0 Å². The quantitative estimate of drug-likeness (QED) is 0.703. The summed E-state index contributed by atoms with van der Waals surface area (Å²) in [6, 6.07) is 1.58. The van der Waals surface area contributed by atoms with Crippen molar-refractivity contribution in [1.82, 2.24) is 14.8 Å². The Morgan fingerprint density at radius 2 is 2.03 bits per heavy atom. The number of carbonyl (C=O) groups excluding carboxylic acids is 2. The second-order valence-corrected chi connectivity index (χ2v) is 8.08. The smallest absolute Gasteiger partial charge is 0.274 e. The molecule has 11 heteroatoms. The molecular formula is C22H22F3N3O5. The fourth-order valence-corrected chi connectivity index (χ4v) is 4.45. The van der Waals surface area contributed by atoms with Gasteiger partial charge in [0.15, 0.2) is 11.4 Å². The Bertz CT molecular complexity index is 1170. The molecule has 0 unspecified atom stereocenters. The molecular weight excluding hydrogens is 443 g/mol. The highest BCUT2D eigenvalue weighted by Gasteiger charge is 2.43. The molecule has 2 aliphatic rings. The van der Waals surface area contributed by atoms with Gasteiger partial charge >= 0.3 is 0 Å². The van der Waals surface area contributed by atoms with E-state index in [2.05, 4.69) is 5.32 Å². The van der Waals surface area contributed by atoms with Crippen LogP contribution in [0.25, 0.3) is 0 Å². The molecule has 1 saturated heterocycles. The van der Waals surface area contributed by atoms with Crippen LogP contribution in [0, 0.1) is 11.6 Å². The fourth-order valence-electron chi connectivity index (χ4n) is 4.45. The van der Waals surface area contributed by atoms with Crippen LogP contribution in [0.15, 0.2) is 29.2 Å². The number of nitrogens with one attached hydrogen (secondary N) is 1. The van der Waals surface area contributed by atoms with Gasteiger partial charge in [-0.05, 0) is 18.9 Å². The minimum Gasteiger partial charge on any atom is -0.503 e. The van der Waals surface area contributed by atoms with E-state index in [4.69, 9.17) is 4.74 Å². The molecule has 176 valence electrons. The van der Waals surface area contributed by atoms with E-state index in [1.165, 1.54) is 16.6 Å². The van der Waals surface area contributed by atoms with Crippen molar-refractivity contribution in [2.75, 3.05) is 20.3 Å². The van der Waals surface area contributed by atoms with Crippen LogP contribution in [0.3, 0.4) is 0 Å². The summed E-state index contributed by atoms with van der Waals surface area (Å²) < 4.78 is 47.4. The monoisotopic (exact) mass is 465 g/mol. The maximum absolute atomic E-state index is 13.9. The third-order valence-corrected chi connectivity index (χ3v) is 6.25. The van der Waals surface area contributed by atoms with Crippen LogP contribution in [0.2, 0.25) is 0 Å². The normalized spacial score (nSPS) is 22.0. The molecule has 1 aromatic carbocycles. The van der Waals surface area contributed by atoms with Gasteiger partial charge in [0.05, 0.1) is 18.2 Å². The molecule has 1 fully saturated rings. The highest BCUT2D eigenvalue weighted by atomic mass is 19.1. The molecule has 1 aromatic heterocycles. The molecule has 0 radical (unpaired) electrons. The summed E-state index contributed by atoms with van der Waals surface area (Å²) in [7, 11) is 1.47. The van der Waals surface area contributed by atoms with Crippen molar-refractivity contribution in [2.24, 2.45) is 0 Å². The number of nitrogens with zero attached hydrogens (tertiary/aromatic N) is 2. The Hall–Kier alpha value is -3.34. The Morgan fingerprint density at radius 1 is 1.27 bits per heavy atom. The largest absolute Gasteiger partial charge is 0.503 e. The Kier molecular flexibility index (Phi) is 6.15. The summed E-state index contributed by atoms with van der Waals surface area (Å²) in [5.41, 5.74) is -1.88. The third kappa shape index (κ3) is 3.97. The Morgan fingerprint density at radius 3 is 2.70 bits per heavy atom. The van der Waals surface area contributed by atoms with Crippen molar-refractivity contribution in [3.63, 3.8) is 0 Å². The number of rotatable bonds is 5. The van der Waals surface area contributed by atoms with E-state index in [0.717, 1.165) is 18.3 Å². The van der Waals surface area contributed by atoms with Crippen molar-refractivity contribution >= 4 is 11.8 Å². The van der Waals surface area contributed by atoms with Crippen LogP contribution in [-0.2, 0) is 11.3 Å². The minimum absolute atomic E-state index is 0.00154. The standard InChI is InChI=1S/C22H22F3N3O5/c1-33-17-5-4-13(7-23)27-10-16(17)28-9-14(19(29)20(30)18(28)22(27)32)21(31)26-8-11-2-3-12(24)6-15(11)25/h2-3,6,9,13,16-17,30H,4-5,7-8,10H2,1H3,(H,26,31)/t13-,16-,17+/m1/s1. The molecule has 0 saturated carbocycles. The number of hydrogen-bond acceptors (Lipinski definition) is 5. The molecule has 2 amide bonds. The van der Waals surface area contributed by atoms with Crippen LogP contribution in [0.5, 0.6) is 5.75 Å². The molecule has 2 aromatic rings. The van der Waals surface area contributed by atoms with Gasteiger partial charge in [0.2, 0.25) is 5.43 Å². The van der Waals surface area contributed by atoms with Gasteiger partial charge in [0.1, 0.15) is 23.9 Å². The fraction of sp³-hybridized carbons (Fsp3) is 0.409. The zero-order chi connectivity index (χ0) is 23.9. The van der Waals surface area contributed by atoms with E-state index >= 15 is 0 Å². The van der Waals surface area contributed by atoms with E-state index < -0.39 is 65.1 Å². The van der Waals surface area contributed by atoms with Crippen LogP contribution in [-0.4, -0.2) is 58.9 Å². The number of alkyl halides is 1. The second kappa shape index (κ2) is 8.89. The molecule has 0 spiro atoms. The molecule has 2 aliphatic heterocycles. The zero-order valence-corrected chi connectivity index (χ0v) is 17.7. The summed E-state index contributed by atoms with van der Waals surface area (Å²) >= 11 is 0. The highest BCUT2D eigenvalue weighted by Crippen LogP contribution is 2.35. The predicted octanol–water partition coefficient (Wildman–Crippen LogP) is 1.91. The number of aromatic hydroxyl groups is 1. The third-order valence-electron chi connectivity index (χ3n) is 6.25. The van der Waals surface area contributed by atoms with E-state index in [1.54, 1.807) is 0 Å². The van der Waals surface area contributed by atoms with Crippen molar-refractivity contribution in [2.45, 2.75) is 37.6 Å². The van der Waals surface area contributed by atoms with Crippen LogP contribution in [0.4, 0.5) is 13.2 Å². The Balaban J connectivity index is 1.71. The molecule has 2 N–H and O–H groups in total. The number of aromatic nitrogens is 1. The van der Waals surface area contributed by atoms with E-state index in [0.29, 0.717) is 18.9 Å². The van der Waals surface area contributed by atoms with E-state index in [-0.39, 0.29) is 24.3 Å². The maximum Gasteiger partial charge on any atom is 0.274 e. The van der Waals surface area contributed by atoms with Crippen molar-refractivity contribution in [3.8, 4) is 5.75 Å². The highest BCUT2D eigenvalue weighted by molar-refractivity contribution is 5.99. The number of methoxy groups -OCH3 is 1. The van der Waals surface area contributed by atoms with Crippen LogP contribution < -0.4 is 10.7 Å². The van der Waals surface area contributed by atoms with Gasteiger partial charge in [-0.25, -0.2) is 13.2 Å². The van der Waals surface area contributed by atoms with Crippen molar-refractivity contribution in [3.05, 3.63) is 63.1 Å². The lowest BCUT2D eigenvalue weighted by Gasteiger charge is -2.38. The van der Waals surface area contributed by atoms with Gasteiger partial charge in [-0.2, -0.15) is 0 Å². The number of fused-ring (bicyclic) bond motifs is 4. The number of hydrogen-bond donors (Lipinski definition) is 2. The number of amides is 2. The molecule has 0 aliphatic carbocycles. The second-order valence-electron chi connectivity index (χ2n) is 8.08. The van der Waals surface area contributed by atoms with E-state index in [9.17, 15) is 32.7 Å². The first kappa shape index (κ1) is 22.8. The number of pyridine rings is 1. The van der Waals surface area contributed by atoms with E-state index in [1.807, 2.05) is 0 Å². The summed E-state index contributed by atoms with van der Waals surface area (Å²) in [4.78, 5) is 39.7. The first-order valence-electron chi connectivity index (χ1n) is 10.4. The predicted molar refractivity (Wildman–Crippen MR) is 110 cm³/mol. The number of benzene rings is 1. The number of halogens is 3.